The van der Waals surface area contributed by atoms with Crippen molar-refractivity contribution in [2.24, 2.45) is 11.8 Å². The lowest BCUT2D eigenvalue weighted by Gasteiger charge is -2.26. The fraction of sp³-hybridized carbons (Fsp3) is 1.00. The molecule has 1 fully saturated rings. The maximum Gasteiger partial charge on any atom is 0.0503 e. The zero-order chi connectivity index (χ0) is 12.9. The fourth-order valence-corrected chi connectivity index (χ4v) is 2.44. The van der Waals surface area contributed by atoms with Crippen molar-refractivity contribution >= 4 is 0 Å². The third-order valence-electron chi connectivity index (χ3n) is 3.32. The van der Waals surface area contributed by atoms with Crippen LogP contribution in [-0.4, -0.2) is 50.3 Å². The van der Waals surface area contributed by atoms with Crippen LogP contribution >= 0.6 is 0 Å². The van der Waals surface area contributed by atoms with Gasteiger partial charge in [0.25, 0.3) is 0 Å². The van der Waals surface area contributed by atoms with Gasteiger partial charge in [-0.2, -0.15) is 0 Å². The second-order valence-corrected chi connectivity index (χ2v) is 6.61. The van der Waals surface area contributed by atoms with E-state index in [9.17, 15) is 0 Å². The van der Waals surface area contributed by atoms with Gasteiger partial charge in [-0.25, -0.2) is 0 Å². The molecule has 1 N–H and O–H groups in total. The van der Waals surface area contributed by atoms with E-state index in [0.717, 1.165) is 25.0 Å². The minimum Gasteiger partial charge on any atom is -0.384 e. The zero-order valence-corrected chi connectivity index (χ0v) is 12.3. The van der Waals surface area contributed by atoms with Gasteiger partial charge >= 0.3 is 0 Å². The lowest BCUT2D eigenvalue weighted by Crippen LogP contribution is -2.41. The number of methoxy groups -OCH3 is 1. The summed E-state index contributed by atoms with van der Waals surface area (Å²) in [6.07, 6.45) is 1.30. The van der Waals surface area contributed by atoms with Gasteiger partial charge in [-0.1, -0.05) is 6.92 Å². The van der Waals surface area contributed by atoms with Gasteiger partial charge in [0.1, 0.15) is 0 Å². The van der Waals surface area contributed by atoms with Crippen LogP contribution in [0.4, 0.5) is 0 Å². The molecule has 0 aliphatic carbocycles. The summed E-state index contributed by atoms with van der Waals surface area (Å²) in [6, 6.07) is 0. The average Bonchev–Trinajstić information content (AvgIpc) is 2.62. The van der Waals surface area contributed by atoms with E-state index in [4.69, 9.17) is 4.74 Å². The number of hydrogen-bond acceptors (Lipinski definition) is 3. The Bertz CT molecular complexity index is 213. The van der Waals surface area contributed by atoms with Crippen LogP contribution in [0.2, 0.25) is 0 Å². The van der Waals surface area contributed by atoms with E-state index in [1.807, 2.05) is 0 Å². The summed E-state index contributed by atoms with van der Waals surface area (Å²) in [5.74, 6) is 1.47. The van der Waals surface area contributed by atoms with Crippen molar-refractivity contribution in [3.8, 4) is 0 Å². The lowest BCUT2D eigenvalue weighted by molar-refractivity contribution is 0.151. The van der Waals surface area contributed by atoms with Crippen molar-refractivity contribution in [1.82, 2.24) is 10.2 Å². The number of likely N-dealkylation sites (tertiary alicyclic amines) is 1. The number of hydrogen-bond donors (Lipinski definition) is 1. The predicted molar refractivity (Wildman–Crippen MR) is 73.3 cm³/mol. The van der Waals surface area contributed by atoms with Crippen LogP contribution in [0.1, 0.15) is 34.1 Å². The van der Waals surface area contributed by atoms with E-state index in [1.165, 1.54) is 26.1 Å². The third-order valence-corrected chi connectivity index (χ3v) is 3.32. The molecule has 1 aliphatic heterocycles. The van der Waals surface area contributed by atoms with Crippen molar-refractivity contribution < 1.29 is 4.74 Å². The van der Waals surface area contributed by atoms with Crippen LogP contribution in [0.15, 0.2) is 0 Å². The SMILES string of the molecule is COCC1CCN(CC(C)CNC(C)(C)C)C1. The van der Waals surface area contributed by atoms with E-state index in [2.05, 4.69) is 37.9 Å². The van der Waals surface area contributed by atoms with Gasteiger partial charge in [0.05, 0.1) is 6.61 Å². The Morgan fingerprint density at radius 1 is 1.41 bits per heavy atom. The molecule has 17 heavy (non-hydrogen) atoms. The quantitative estimate of drug-likeness (QED) is 0.771. The van der Waals surface area contributed by atoms with Crippen molar-refractivity contribution in [2.45, 2.75) is 39.7 Å². The van der Waals surface area contributed by atoms with Gasteiger partial charge in [0.15, 0.2) is 0 Å². The van der Waals surface area contributed by atoms with E-state index >= 15 is 0 Å². The van der Waals surface area contributed by atoms with Gasteiger partial charge in [-0.05, 0) is 52.1 Å². The second kappa shape index (κ2) is 6.72. The zero-order valence-electron chi connectivity index (χ0n) is 12.3. The molecular weight excluding hydrogens is 212 g/mol. The van der Waals surface area contributed by atoms with Crippen molar-refractivity contribution in [1.29, 1.82) is 0 Å². The molecule has 0 radical (unpaired) electrons. The van der Waals surface area contributed by atoms with Crippen LogP contribution in [0.25, 0.3) is 0 Å². The highest BCUT2D eigenvalue weighted by atomic mass is 16.5. The highest BCUT2D eigenvalue weighted by Gasteiger charge is 2.23. The largest absolute Gasteiger partial charge is 0.384 e. The van der Waals surface area contributed by atoms with Crippen LogP contribution in [0, 0.1) is 11.8 Å². The molecule has 1 rings (SSSR count). The molecule has 1 saturated heterocycles. The summed E-state index contributed by atoms with van der Waals surface area (Å²) in [6.45, 7) is 14.7. The summed E-state index contributed by atoms with van der Waals surface area (Å²) in [5.41, 5.74) is 0.234. The molecule has 1 aliphatic rings. The van der Waals surface area contributed by atoms with Crippen LogP contribution in [0.3, 0.4) is 0 Å². The Morgan fingerprint density at radius 3 is 2.71 bits per heavy atom. The Kier molecular flexibility index (Phi) is 5.90. The number of rotatable bonds is 6. The first-order valence-electron chi connectivity index (χ1n) is 6.87. The Hall–Kier alpha value is -0.120. The van der Waals surface area contributed by atoms with Gasteiger partial charge < -0.3 is 15.0 Å². The van der Waals surface area contributed by atoms with Crippen LogP contribution < -0.4 is 5.32 Å². The summed E-state index contributed by atoms with van der Waals surface area (Å²) in [4.78, 5) is 2.58. The molecule has 1 heterocycles. The molecule has 3 nitrogen and oxygen atoms in total. The van der Waals surface area contributed by atoms with Crippen LogP contribution in [-0.2, 0) is 4.74 Å². The minimum absolute atomic E-state index is 0.234. The average molecular weight is 242 g/mol. The van der Waals surface area contributed by atoms with E-state index in [1.54, 1.807) is 7.11 Å². The summed E-state index contributed by atoms with van der Waals surface area (Å²) < 4.78 is 5.23. The molecular formula is C14H30N2O. The van der Waals surface area contributed by atoms with Crippen LogP contribution in [0.5, 0.6) is 0 Å². The van der Waals surface area contributed by atoms with Gasteiger partial charge in [-0.15, -0.1) is 0 Å². The highest BCUT2D eigenvalue weighted by molar-refractivity contribution is 4.78. The number of nitrogens with one attached hydrogen (secondary N) is 1. The lowest BCUT2D eigenvalue weighted by atomic mass is 10.1. The van der Waals surface area contributed by atoms with E-state index in [-0.39, 0.29) is 5.54 Å². The van der Waals surface area contributed by atoms with Gasteiger partial charge in [0.2, 0.25) is 0 Å². The molecule has 0 bridgehead atoms. The summed E-state index contributed by atoms with van der Waals surface area (Å²) >= 11 is 0. The Balaban J connectivity index is 2.17. The molecule has 0 aromatic heterocycles. The Labute approximate surface area is 107 Å². The van der Waals surface area contributed by atoms with E-state index in [0.29, 0.717) is 0 Å². The molecule has 0 saturated carbocycles. The standard InChI is InChI=1S/C14H30N2O/c1-12(8-15-14(2,3)4)9-16-7-6-13(10-16)11-17-5/h12-13,15H,6-11H2,1-5H3. The molecule has 0 aromatic rings. The number of ether oxygens (including phenoxy) is 1. The molecule has 102 valence electrons. The summed E-state index contributed by atoms with van der Waals surface area (Å²) in [5, 5.41) is 3.58. The van der Waals surface area contributed by atoms with Gasteiger partial charge in [-0.3, -0.25) is 0 Å². The monoisotopic (exact) mass is 242 g/mol. The molecule has 2 unspecified atom stereocenters. The first-order chi connectivity index (χ1) is 7.90. The first-order valence-corrected chi connectivity index (χ1v) is 6.87. The summed E-state index contributed by atoms with van der Waals surface area (Å²) in [7, 11) is 1.80. The second-order valence-electron chi connectivity index (χ2n) is 6.61. The highest BCUT2D eigenvalue weighted by Crippen LogP contribution is 2.17. The van der Waals surface area contributed by atoms with Crippen molar-refractivity contribution in [3.05, 3.63) is 0 Å². The maximum absolute atomic E-state index is 5.23. The Morgan fingerprint density at radius 2 is 2.12 bits per heavy atom. The molecule has 2 atom stereocenters. The minimum atomic E-state index is 0.234. The topological polar surface area (TPSA) is 24.5 Å². The van der Waals surface area contributed by atoms with E-state index < -0.39 is 0 Å². The fourth-order valence-electron chi connectivity index (χ4n) is 2.44. The first kappa shape index (κ1) is 14.9. The smallest absolute Gasteiger partial charge is 0.0503 e. The van der Waals surface area contributed by atoms with Crippen molar-refractivity contribution in [2.75, 3.05) is 39.9 Å². The molecule has 0 spiro atoms. The number of nitrogens with zero attached hydrogens (tertiary/aromatic N) is 1. The maximum atomic E-state index is 5.23. The molecule has 0 aromatic carbocycles. The molecule has 3 heteroatoms. The van der Waals surface area contributed by atoms with Gasteiger partial charge in [0, 0.05) is 25.7 Å². The normalized spacial score (nSPS) is 24.2. The van der Waals surface area contributed by atoms with Crippen molar-refractivity contribution in [3.63, 3.8) is 0 Å². The third kappa shape index (κ3) is 6.39. The molecule has 0 amide bonds. The predicted octanol–water partition coefficient (Wildman–Crippen LogP) is 1.98.